The Balaban J connectivity index is 2.35. The number of aliphatic hydroxyl groups excluding tert-OH is 1. The first kappa shape index (κ1) is 16.2. The Bertz CT molecular complexity index is 830. The molecule has 122 valence electrons. The molecule has 2 atom stereocenters. The monoisotopic (exact) mass is 319 g/mol. The molecule has 0 aliphatic rings. The summed E-state index contributed by atoms with van der Waals surface area (Å²) in [5.74, 6) is 0. The number of aliphatic hydroxyl groups is 2. The maximum absolute atomic E-state index is 11.8. The second-order valence-electron chi connectivity index (χ2n) is 5.93. The minimum atomic E-state index is -1.44. The van der Waals surface area contributed by atoms with Gasteiger partial charge in [0.1, 0.15) is 5.60 Å². The van der Waals surface area contributed by atoms with Gasteiger partial charge in [0, 0.05) is 11.3 Å². The molecule has 0 saturated carbocycles. The summed E-state index contributed by atoms with van der Waals surface area (Å²) in [6, 6.07) is 24.0. The van der Waals surface area contributed by atoms with Crippen LogP contribution in [0.1, 0.15) is 35.3 Å². The Labute approximate surface area is 142 Å². The summed E-state index contributed by atoms with van der Waals surface area (Å²) < 4.78 is 0. The zero-order valence-corrected chi connectivity index (χ0v) is 13.6. The van der Waals surface area contributed by atoms with Crippen LogP contribution in [0.25, 0.3) is 0 Å². The standard InChI is InChI=1S/C21H21NO2/c1-15(23)17-11-5-6-12-18(17)21(24,16-9-3-2-4-10-16)19-13-7-8-14-20(19)22/h2-15,23-24H,22H2,1H3. The number of nitrogen functional groups attached to an aromatic ring is 1. The van der Waals surface area contributed by atoms with Crippen LogP contribution >= 0.6 is 0 Å². The van der Waals surface area contributed by atoms with E-state index in [-0.39, 0.29) is 0 Å². The number of benzene rings is 3. The third-order valence-electron chi connectivity index (χ3n) is 4.34. The molecule has 0 fully saturated rings. The van der Waals surface area contributed by atoms with Crippen molar-refractivity contribution in [2.45, 2.75) is 18.6 Å². The Morgan fingerprint density at radius 3 is 1.96 bits per heavy atom. The van der Waals surface area contributed by atoms with E-state index in [1.165, 1.54) is 0 Å². The van der Waals surface area contributed by atoms with E-state index in [4.69, 9.17) is 5.73 Å². The largest absolute Gasteiger partial charge is 0.398 e. The van der Waals surface area contributed by atoms with Crippen LogP contribution in [0.2, 0.25) is 0 Å². The van der Waals surface area contributed by atoms with Gasteiger partial charge in [-0.25, -0.2) is 0 Å². The first-order valence-electron chi connectivity index (χ1n) is 7.95. The zero-order valence-electron chi connectivity index (χ0n) is 13.6. The van der Waals surface area contributed by atoms with Crippen LogP contribution < -0.4 is 5.73 Å². The highest BCUT2D eigenvalue weighted by molar-refractivity contribution is 5.59. The van der Waals surface area contributed by atoms with Crippen molar-refractivity contribution in [1.82, 2.24) is 0 Å². The minimum Gasteiger partial charge on any atom is -0.398 e. The summed E-state index contributed by atoms with van der Waals surface area (Å²) in [6.07, 6.45) is -0.707. The third kappa shape index (κ3) is 2.68. The smallest absolute Gasteiger partial charge is 0.142 e. The Kier molecular flexibility index (Phi) is 4.38. The predicted molar refractivity (Wildman–Crippen MR) is 96.5 cm³/mol. The van der Waals surface area contributed by atoms with E-state index in [1.54, 1.807) is 13.0 Å². The molecule has 3 nitrogen and oxygen atoms in total. The third-order valence-corrected chi connectivity index (χ3v) is 4.34. The van der Waals surface area contributed by atoms with E-state index in [0.717, 1.165) is 0 Å². The molecule has 3 heteroatoms. The van der Waals surface area contributed by atoms with Crippen LogP contribution in [0.5, 0.6) is 0 Å². The minimum absolute atomic E-state index is 0.504. The summed E-state index contributed by atoms with van der Waals surface area (Å²) in [4.78, 5) is 0. The number of para-hydroxylation sites is 1. The maximum Gasteiger partial charge on any atom is 0.142 e. The van der Waals surface area contributed by atoms with Crippen molar-refractivity contribution in [3.8, 4) is 0 Å². The van der Waals surface area contributed by atoms with Gasteiger partial charge in [0.2, 0.25) is 0 Å². The quantitative estimate of drug-likeness (QED) is 0.508. The highest BCUT2D eigenvalue weighted by atomic mass is 16.3. The molecule has 0 radical (unpaired) electrons. The Morgan fingerprint density at radius 1 is 0.792 bits per heavy atom. The van der Waals surface area contributed by atoms with Gasteiger partial charge < -0.3 is 15.9 Å². The lowest BCUT2D eigenvalue weighted by Crippen LogP contribution is -2.31. The normalized spacial score (nSPS) is 14.8. The molecule has 0 spiro atoms. The van der Waals surface area contributed by atoms with E-state index in [2.05, 4.69) is 0 Å². The molecule has 3 aromatic rings. The molecule has 24 heavy (non-hydrogen) atoms. The Hall–Kier alpha value is -2.62. The van der Waals surface area contributed by atoms with Crippen molar-refractivity contribution in [1.29, 1.82) is 0 Å². The fourth-order valence-corrected chi connectivity index (χ4v) is 3.15. The topological polar surface area (TPSA) is 66.5 Å². The summed E-state index contributed by atoms with van der Waals surface area (Å²) in [5, 5.41) is 22.0. The van der Waals surface area contributed by atoms with Crippen molar-refractivity contribution in [2.75, 3.05) is 5.73 Å². The number of anilines is 1. The number of hydrogen-bond acceptors (Lipinski definition) is 3. The molecule has 3 aromatic carbocycles. The first-order chi connectivity index (χ1) is 11.5. The van der Waals surface area contributed by atoms with Crippen LogP contribution in [0.3, 0.4) is 0 Å². The molecule has 0 heterocycles. The van der Waals surface area contributed by atoms with E-state index >= 15 is 0 Å². The SMILES string of the molecule is CC(O)c1ccccc1C(O)(c1ccccc1)c1ccccc1N. The molecule has 0 aliphatic carbocycles. The van der Waals surface area contributed by atoms with Gasteiger partial charge in [0.15, 0.2) is 0 Å². The lowest BCUT2D eigenvalue weighted by Gasteiger charge is -2.33. The van der Waals surface area contributed by atoms with Gasteiger partial charge >= 0.3 is 0 Å². The van der Waals surface area contributed by atoms with Crippen molar-refractivity contribution in [2.24, 2.45) is 0 Å². The van der Waals surface area contributed by atoms with Gasteiger partial charge in [-0.2, -0.15) is 0 Å². The lowest BCUT2D eigenvalue weighted by atomic mass is 9.77. The molecule has 2 unspecified atom stereocenters. The van der Waals surface area contributed by atoms with Gasteiger partial charge in [-0.15, -0.1) is 0 Å². The second kappa shape index (κ2) is 6.48. The van der Waals surface area contributed by atoms with Crippen LogP contribution in [-0.2, 0) is 5.60 Å². The summed E-state index contributed by atoms with van der Waals surface area (Å²) in [5.41, 5.74) is 7.85. The van der Waals surface area contributed by atoms with E-state index < -0.39 is 11.7 Å². The Morgan fingerprint density at radius 2 is 1.33 bits per heavy atom. The van der Waals surface area contributed by atoms with E-state index in [0.29, 0.717) is 27.9 Å². The number of hydrogen-bond donors (Lipinski definition) is 3. The van der Waals surface area contributed by atoms with Gasteiger partial charge in [-0.3, -0.25) is 0 Å². The van der Waals surface area contributed by atoms with Gasteiger partial charge in [0.05, 0.1) is 6.10 Å². The van der Waals surface area contributed by atoms with Crippen molar-refractivity contribution in [3.63, 3.8) is 0 Å². The van der Waals surface area contributed by atoms with Crippen molar-refractivity contribution in [3.05, 3.63) is 101 Å². The highest BCUT2D eigenvalue weighted by Gasteiger charge is 2.37. The van der Waals surface area contributed by atoms with Crippen molar-refractivity contribution < 1.29 is 10.2 Å². The molecule has 0 aromatic heterocycles. The summed E-state index contributed by atoms with van der Waals surface area (Å²) >= 11 is 0. The fourth-order valence-electron chi connectivity index (χ4n) is 3.15. The molecule has 4 N–H and O–H groups in total. The van der Waals surface area contributed by atoms with Crippen LogP contribution in [0, 0.1) is 0 Å². The van der Waals surface area contributed by atoms with Gasteiger partial charge in [0.25, 0.3) is 0 Å². The molecule has 0 amide bonds. The molecular weight excluding hydrogens is 298 g/mol. The van der Waals surface area contributed by atoms with Crippen molar-refractivity contribution >= 4 is 5.69 Å². The average molecular weight is 319 g/mol. The van der Waals surface area contributed by atoms with Crippen LogP contribution in [0.15, 0.2) is 78.9 Å². The van der Waals surface area contributed by atoms with Crippen LogP contribution in [-0.4, -0.2) is 10.2 Å². The van der Waals surface area contributed by atoms with E-state index in [9.17, 15) is 10.2 Å². The van der Waals surface area contributed by atoms with Gasteiger partial charge in [-0.1, -0.05) is 72.8 Å². The molecule has 0 saturated heterocycles. The highest BCUT2D eigenvalue weighted by Crippen LogP contribution is 2.41. The lowest BCUT2D eigenvalue weighted by molar-refractivity contribution is 0.119. The van der Waals surface area contributed by atoms with Gasteiger partial charge in [-0.05, 0) is 29.7 Å². The molecule has 0 bridgehead atoms. The molecule has 3 rings (SSSR count). The summed E-state index contributed by atoms with van der Waals surface area (Å²) in [6.45, 7) is 1.69. The predicted octanol–water partition coefficient (Wildman–Crippen LogP) is 3.61. The fraction of sp³-hybridized carbons (Fsp3) is 0.143. The molecular formula is C21H21NO2. The molecule has 0 aliphatic heterocycles. The number of nitrogens with two attached hydrogens (primary N) is 1. The van der Waals surface area contributed by atoms with E-state index in [1.807, 2.05) is 72.8 Å². The summed E-state index contributed by atoms with van der Waals surface area (Å²) in [7, 11) is 0. The maximum atomic E-state index is 11.8. The van der Waals surface area contributed by atoms with Crippen LogP contribution in [0.4, 0.5) is 5.69 Å². The average Bonchev–Trinajstić information content (AvgIpc) is 2.62. The zero-order chi connectivity index (χ0) is 17.2. The second-order valence-corrected chi connectivity index (χ2v) is 5.93. The first-order valence-corrected chi connectivity index (χ1v) is 7.95. The number of rotatable bonds is 4.